The molecule has 0 radical (unpaired) electrons. The SMILES string of the molecule is CCOC(=O)c1c2n(c3ccc(Cl)cc3c1=O)CCS2. The number of esters is 1. The maximum absolute atomic E-state index is 12.6. The first-order valence-corrected chi connectivity index (χ1v) is 7.65. The highest BCUT2D eigenvalue weighted by Gasteiger charge is 2.26. The van der Waals surface area contributed by atoms with Crippen LogP contribution in [-0.2, 0) is 11.3 Å². The number of carbonyl (C=O) groups is 1. The Bertz CT molecular complexity index is 769. The fraction of sp³-hybridized carbons (Fsp3) is 0.286. The molecule has 20 heavy (non-hydrogen) atoms. The number of nitrogens with zero attached hydrogens (tertiary/aromatic N) is 1. The predicted molar refractivity (Wildman–Crippen MR) is 79.9 cm³/mol. The molecule has 4 nitrogen and oxygen atoms in total. The molecule has 0 aliphatic carbocycles. The average molecular weight is 310 g/mol. The van der Waals surface area contributed by atoms with E-state index >= 15 is 0 Å². The number of halogens is 1. The van der Waals surface area contributed by atoms with E-state index < -0.39 is 5.97 Å². The van der Waals surface area contributed by atoms with Crippen LogP contribution in [0.25, 0.3) is 10.9 Å². The van der Waals surface area contributed by atoms with Crippen LogP contribution in [0, 0.1) is 0 Å². The van der Waals surface area contributed by atoms with Crippen molar-refractivity contribution in [2.45, 2.75) is 18.5 Å². The maximum Gasteiger partial charge on any atom is 0.344 e. The van der Waals surface area contributed by atoms with Crippen molar-refractivity contribution in [1.82, 2.24) is 4.57 Å². The van der Waals surface area contributed by atoms with E-state index in [0.717, 1.165) is 17.8 Å². The molecule has 1 aliphatic heterocycles. The molecule has 0 spiro atoms. The fourth-order valence-electron chi connectivity index (χ4n) is 2.39. The Hall–Kier alpha value is -1.46. The monoisotopic (exact) mass is 309 g/mol. The van der Waals surface area contributed by atoms with Gasteiger partial charge in [0, 0.05) is 22.7 Å². The number of benzene rings is 1. The molecule has 2 aromatic rings. The summed E-state index contributed by atoms with van der Waals surface area (Å²) in [5, 5.41) is 1.64. The summed E-state index contributed by atoms with van der Waals surface area (Å²) in [5.41, 5.74) is 0.637. The second-order valence-electron chi connectivity index (χ2n) is 4.39. The number of rotatable bonds is 2. The maximum atomic E-state index is 12.6. The average Bonchev–Trinajstić information content (AvgIpc) is 2.88. The van der Waals surface area contributed by atoms with Gasteiger partial charge < -0.3 is 9.30 Å². The largest absolute Gasteiger partial charge is 0.462 e. The minimum absolute atomic E-state index is 0.129. The fourth-order valence-corrected chi connectivity index (χ4v) is 3.70. The molecular formula is C14H12ClNO3S. The summed E-state index contributed by atoms with van der Waals surface area (Å²) in [7, 11) is 0. The molecule has 0 amide bonds. The number of aromatic nitrogens is 1. The molecule has 0 saturated heterocycles. The summed E-state index contributed by atoms with van der Waals surface area (Å²) in [4.78, 5) is 24.6. The summed E-state index contributed by atoms with van der Waals surface area (Å²) < 4.78 is 7.00. The van der Waals surface area contributed by atoms with Crippen LogP contribution in [0.1, 0.15) is 17.3 Å². The van der Waals surface area contributed by atoms with E-state index in [9.17, 15) is 9.59 Å². The third-order valence-corrected chi connectivity index (χ3v) is 4.53. The lowest BCUT2D eigenvalue weighted by Crippen LogP contribution is -2.22. The summed E-state index contributed by atoms with van der Waals surface area (Å²) in [6, 6.07) is 5.19. The van der Waals surface area contributed by atoms with Gasteiger partial charge >= 0.3 is 5.97 Å². The van der Waals surface area contributed by atoms with Crippen molar-refractivity contribution >= 4 is 40.2 Å². The van der Waals surface area contributed by atoms with Crippen LogP contribution in [0.4, 0.5) is 0 Å². The lowest BCUT2D eigenvalue weighted by molar-refractivity contribution is 0.0519. The zero-order chi connectivity index (χ0) is 14.3. The highest BCUT2D eigenvalue weighted by molar-refractivity contribution is 7.99. The van der Waals surface area contributed by atoms with Gasteiger partial charge in [-0.25, -0.2) is 4.79 Å². The minimum atomic E-state index is -0.558. The van der Waals surface area contributed by atoms with Crippen LogP contribution < -0.4 is 5.43 Å². The van der Waals surface area contributed by atoms with Gasteiger partial charge in [-0.2, -0.15) is 0 Å². The zero-order valence-electron chi connectivity index (χ0n) is 10.8. The van der Waals surface area contributed by atoms with E-state index in [0.29, 0.717) is 15.4 Å². The molecule has 0 saturated carbocycles. The van der Waals surface area contributed by atoms with Gasteiger partial charge in [0.1, 0.15) is 5.56 Å². The van der Waals surface area contributed by atoms with E-state index in [4.69, 9.17) is 16.3 Å². The molecule has 1 aromatic carbocycles. The van der Waals surface area contributed by atoms with Gasteiger partial charge in [-0.15, -0.1) is 11.8 Å². The lowest BCUT2D eigenvalue weighted by Gasteiger charge is -2.12. The van der Waals surface area contributed by atoms with Gasteiger partial charge in [0.15, 0.2) is 0 Å². The highest BCUT2D eigenvalue weighted by atomic mass is 35.5. The highest BCUT2D eigenvalue weighted by Crippen LogP contribution is 2.32. The van der Waals surface area contributed by atoms with Crippen LogP contribution in [0.15, 0.2) is 28.0 Å². The summed E-state index contributed by atoms with van der Waals surface area (Å²) in [6.45, 7) is 2.74. The second kappa shape index (κ2) is 5.14. The number of carbonyl (C=O) groups excluding carboxylic acids is 1. The molecule has 104 valence electrons. The third-order valence-electron chi connectivity index (χ3n) is 3.21. The molecule has 1 aliphatic rings. The summed E-state index contributed by atoms with van der Waals surface area (Å²) in [5.74, 6) is 0.283. The van der Waals surface area contributed by atoms with Crippen molar-refractivity contribution in [3.8, 4) is 0 Å². The predicted octanol–water partition coefficient (Wildman–Crippen LogP) is 2.94. The lowest BCUT2D eigenvalue weighted by atomic mass is 10.1. The van der Waals surface area contributed by atoms with Crippen LogP contribution >= 0.6 is 23.4 Å². The Kier molecular flexibility index (Phi) is 3.48. The van der Waals surface area contributed by atoms with Crippen molar-refractivity contribution in [3.05, 3.63) is 39.0 Å². The molecule has 1 aromatic heterocycles. The first kappa shape index (κ1) is 13.5. The molecule has 0 atom stereocenters. The van der Waals surface area contributed by atoms with Crippen LogP contribution in [-0.4, -0.2) is 22.9 Å². The standard InChI is InChI=1S/C14H12ClNO3S/c1-2-19-14(18)11-12(17)9-7-8(15)3-4-10(9)16-5-6-20-13(11)16/h3-4,7H,2,5-6H2,1H3. The second-order valence-corrected chi connectivity index (χ2v) is 5.91. The van der Waals surface area contributed by atoms with Crippen LogP contribution in [0.3, 0.4) is 0 Å². The van der Waals surface area contributed by atoms with Crippen molar-refractivity contribution in [2.24, 2.45) is 0 Å². The van der Waals surface area contributed by atoms with Gasteiger partial charge in [-0.05, 0) is 25.1 Å². The number of thioether (sulfide) groups is 1. The Morgan fingerprint density at radius 3 is 3.05 bits per heavy atom. The van der Waals surface area contributed by atoms with E-state index in [2.05, 4.69) is 0 Å². The molecule has 2 heterocycles. The van der Waals surface area contributed by atoms with E-state index in [1.54, 1.807) is 19.1 Å². The van der Waals surface area contributed by atoms with Gasteiger partial charge in [-0.1, -0.05) is 11.6 Å². The van der Waals surface area contributed by atoms with E-state index in [1.807, 2.05) is 10.6 Å². The minimum Gasteiger partial charge on any atom is -0.462 e. The van der Waals surface area contributed by atoms with Gasteiger partial charge in [0.05, 0.1) is 17.1 Å². The number of fused-ring (bicyclic) bond motifs is 3. The number of pyridine rings is 1. The number of aryl methyl sites for hydroxylation is 1. The smallest absolute Gasteiger partial charge is 0.344 e. The van der Waals surface area contributed by atoms with E-state index in [-0.39, 0.29) is 17.6 Å². The Labute approximate surface area is 124 Å². The van der Waals surface area contributed by atoms with Gasteiger partial charge in [-0.3, -0.25) is 4.79 Å². The third kappa shape index (κ3) is 2.01. The molecule has 0 N–H and O–H groups in total. The van der Waals surface area contributed by atoms with Gasteiger partial charge in [0.2, 0.25) is 5.43 Å². The van der Waals surface area contributed by atoms with Crippen molar-refractivity contribution in [3.63, 3.8) is 0 Å². The van der Waals surface area contributed by atoms with Crippen LogP contribution in [0.5, 0.6) is 0 Å². The first-order valence-electron chi connectivity index (χ1n) is 6.29. The van der Waals surface area contributed by atoms with Crippen molar-refractivity contribution in [1.29, 1.82) is 0 Å². The van der Waals surface area contributed by atoms with Crippen molar-refractivity contribution in [2.75, 3.05) is 12.4 Å². The van der Waals surface area contributed by atoms with E-state index in [1.165, 1.54) is 11.8 Å². The molecule has 0 unspecified atom stereocenters. The zero-order valence-corrected chi connectivity index (χ0v) is 12.4. The molecular weight excluding hydrogens is 298 g/mol. The number of hydrogen-bond donors (Lipinski definition) is 0. The Morgan fingerprint density at radius 1 is 1.50 bits per heavy atom. The first-order chi connectivity index (χ1) is 9.63. The van der Waals surface area contributed by atoms with Crippen LogP contribution in [0.2, 0.25) is 5.02 Å². The molecule has 3 rings (SSSR count). The molecule has 0 bridgehead atoms. The normalized spacial score (nSPS) is 13.5. The molecule has 0 fully saturated rings. The Morgan fingerprint density at radius 2 is 2.30 bits per heavy atom. The number of ether oxygens (including phenoxy) is 1. The molecule has 6 heteroatoms. The summed E-state index contributed by atoms with van der Waals surface area (Å²) >= 11 is 7.48. The van der Waals surface area contributed by atoms with Crippen molar-refractivity contribution < 1.29 is 9.53 Å². The van der Waals surface area contributed by atoms with Gasteiger partial charge in [0.25, 0.3) is 0 Å². The quantitative estimate of drug-likeness (QED) is 0.800. The summed E-state index contributed by atoms with van der Waals surface area (Å²) in [6.07, 6.45) is 0. The Balaban J connectivity index is 2.38. The number of hydrogen-bond acceptors (Lipinski definition) is 4. The topological polar surface area (TPSA) is 48.3 Å².